The molecule has 1 aromatic heterocycles. The van der Waals surface area contributed by atoms with E-state index in [1.807, 2.05) is 6.92 Å². The predicted molar refractivity (Wildman–Crippen MR) is 100 cm³/mol. The number of aromatic nitrogens is 1. The number of nitrogens with one attached hydrogen (secondary N) is 2. The van der Waals surface area contributed by atoms with Gasteiger partial charge in [0.1, 0.15) is 0 Å². The Labute approximate surface area is 166 Å². The third-order valence-electron chi connectivity index (χ3n) is 3.61. The molecule has 1 amide bonds. The lowest BCUT2D eigenvalue weighted by Gasteiger charge is -2.10. The van der Waals surface area contributed by atoms with E-state index >= 15 is 0 Å². The number of hydrogen-bond donors (Lipinski definition) is 2. The fraction of sp³-hybridized carbons (Fsp3) is 0.333. The molecule has 1 aromatic carbocycles. The molecule has 0 aliphatic carbocycles. The summed E-state index contributed by atoms with van der Waals surface area (Å²) in [7, 11) is -3.70. The molecule has 158 valence electrons. The molecular weight excluding hydrogens is 411 g/mol. The smallest absolute Gasteiger partial charge is 0.422 e. The summed E-state index contributed by atoms with van der Waals surface area (Å²) in [4.78, 5) is 15.9. The normalized spacial score (nSPS) is 11.9. The van der Waals surface area contributed by atoms with Gasteiger partial charge in [-0.1, -0.05) is 19.4 Å². The van der Waals surface area contributed by atoms with E-state index < -0.39 is 28.7 Å². The number of pyridine rings is 1. The molecule has 0 saturated heterocycles. The van der Waals surface area contributed by atoms with Gasteiger partial charge in [-0.2, -0.15) is 13.2 Å². The number of sulfonamides is 1. The first-order valence-electron chi connectivity index (χ1n) is 8.67. The first kappa shape index (κ1) is 22.6. The second-order valence-corrected chi connectivity index (χ2v) is 7.79. The van der Waals surface area contributed by atoms with E-state index in [1.165, 1.54) is 30.3 Å². The number of nitrogens with zero attached hydrogens (tertiary/aromatic N) is 1. The molecule has 0 unspecified atom stereocenters. The number of rotatable bonds is 9. The summed E-state index contributed by atoms with van der Waals surface area (Å²) in [5.74, 6) is -0.876. The number of benzene rings is 1. The SMILES string of the molecule is CCCCNS(=O)(=O)c1cccc(NC(=O)c2ccc(OCC(F)(F)F)nc2)c1. The first-order chi connectivity index (χ1) is 13.6. The average Bonchev–Trinajstić information content (AvgIpc) is 2.66. The van der Waals surface area contributed by atoms with Crippen LogP contribution in [0.5, 0.6) is 5.88 Å². The number of anilines is 1. The maximum atomic E-state index is 12.3. The summed E-state index contributed by atoms with van der Waals surface area (Å²) >= 11 is 0. The lowest BCUT2D eigenvalue weighted by Crippen LogP contribution is -2.24. The number of ether oxygens (including phenoxy) is 1. The third kappa shape index (κ3) is 7.35. The van der Waals surface area contributed by atoms with Crippen molar-refractivity contribution in [2.75, 3.05) is 18.5 Å². The van der Waals surface area contributed by atoms with Crippen LogP contribution in [-0.4, -0.2) is 38.6 Å². The van der Waals surface area contributed by atoms with Gasteiger partial charge in [-0.3, -0.25) is 4.79 Å². The Kier molecular flexibility index (Phi) is 7.57. The van der Waals surface area contributed by atoms with Crippen molar-refractivity contribution in [1.82, 2.24) is 9.71 Å². The van der Waals surface area contributed by atoms with E-state index in [0.717, 1.165) is 18.7 Å². The molecule has 2 rings (SSSR count). The van der Waals surface area contributed by atoms with Gasteiger partial charge in [0.05, 0.1) is 10.5 Å². The number of alkyl halides is 3. The Morgan fingerprint density at radius 2 is 1.97 bits per heavy atom. The number of unbranched alkanes of at least 4 members (excludes halogenated alkanes) is 1. The van der Waals surface area contributed by atoms with Crippen molar-refractivity contribution in [3.8, 4) is 5.88 Å². The molecule has 1 heterocycles. The van der Waals surface area contributed by atoms with E-state index in [0.29, 0.717) is 13.0 Å². The zero-order valence-electron chi connectivity index (χ0n) is 15.5. The second kappa shape index (κ2) is 9.70. The van der Waals surface area contributed by atoms with Gasteiger partial charge in [0, 0.05) is 24.5 Å². The van der Waals surface area contributed by atoms with Crippen molar-refractivity contribution < 1.29 is 31.1 Å². The van der Waals surface area contributed by atoms with Gasteiger partial charge in [-0.15, -0.1) is 0 Å². The Hall–Kier alpha value is -2.66. The van der Waals surface area contributed by atoms with Crippen LogP contribution in [0.2, 0.25) is 0 Å². The number of carbonyl (C=O) groups is 1. The Morgan fingerprint density at radius 1 is 1.21 bits per heavy atom. The Bertz CT molecular complexity index is 932. The fourth-order valence-corrected chi connectivity index (χ4v) is 3.29. The van der Waals surface area contributed by atoms with Crippen LogP contribution in [0.1, 0.15) is 30.1 Å². The monoisotopic (exact) mass is 431 g/mol. The highest BCUT2D eigenvalue weighted by Gasteiger charge is 2.28. The molecule has 0 bridgehead atoms. The standard InChI is InChI=1S/C18H20F3N3O4S/c1-2-3-9-23-29(26,27)15-6-4-5-14(10-15)24-17(25)13-7-8-16(22-11-13)28-12-18(19,20)21/h4-8,10-11,23H,2-3,9,12H2,1H3,(H,24,25). The first-order valence-corrected chi connectivity index (χ1v) is 10.2. The summed E-state index contributed by atoms with van der Waals surface area (Å²) in [6.07, 6.45) is -1.89. The van der Waals surface area contributed by atoms with Crippen LogP contribution in [0.15, 0.2) is 47.5 Å². The van der Waals surface area contributed by atoms with Gasteiger partial charge < -0.3 is 10.1 Å². The van der Waals surface area contributed by atoms with Crippen LogP contribution >= 0.6 is 0 Å². The summed E-state index contributed by atoms with van der Waals surface area (Å²) in [6, 6.07) is 8.09. The molecule has 0 radical (unpaired) electrons. The fourth-order valence-electron chi connectivity index (χ4n) is 2.17. The molecule has 7 nitrogen and oxygen atoms in total. The summed E-state index contributed by atoms with van der Waals surface area (Å²) < 4.78 is 67.9. The number of halogens is 3. The largest absolute Gasteiger partial charge is 0.468 e. The zero-order chi connectivity index (χ0) is 21.5. The zero-order valence-corrected chi connectivity index (χ0v) is 16.3. The Balaban J connectivity index is 2.03. The highest BCUT2D eigenvalue weighted by atomic mass is 32.2. The molecule has 0 atom stereocenters. The van der Waals surface area contributed by atoms with Gasteiger partial charge in [0.15, 0.2) is 6.61 Å². The van der Waals surface area contributed by atoms with Crippen molar-refractivity contribution in [2.45, 2.75) is 30.8 Å². The van der Waals surface area contributed by atoms with Crippen LogP contribution in [0.25, 0.3) is 0 Å². The quantitative estimate of drug-likeness (QED) is 0.594. The average molecular weight is 431 g/mol. The van der Waals surface area contributed by atoms with Crippen molar-refractivity contribution in [1.29, 1.82) is 0 Å². The second-order valence-electron chi connectivity index (χ2n) is 6.02. The van der Waals surface area contributed by atoms with Crippen molar-refractivity contribution >= 4 is 21.6 Å². The third-order valence-corrected chi connectivity index (χ3v) is 5.07. The van der Waals surface area contributed by atoms with Crippen molar-refractivity contribution in [2.24, 2.45) is 0 Å². The molecule has 2 N–H and O–H groups in total. The molecule has 0 aliphatic heterocycles. The Morgan fingerprint density at radius 3 is 2.59 bits per heavy atom. The van der Waals surface area contributed by atoms with Crippen LogP contribution in [0.4, 0.5) is 18.9 Å². The van der Waals surface area contributed by atoms with E-state index in [9.17, 15) is 26.4 Å². The van der Waals surface area contributed by atoms with Crippen molar-refractivity contribution in [3.05, 3.63) is 48.2 Å². The molecule has 0 spiro atoms. The van der Waals surface area contributed by atoms with Crippen LogP contribution < -0.4 is 14.8 Å². The molecule has 0 fully saturated rings. The molecule has 11 heteroatoms. The van der Waals surface area contributed by atoms with Crippen molar-refractivity contribution in [3.63, 3.8) is 0 Å². The highest BCUT2D eigenvalue weighted by Crippen LogP contribution is 2.19. The maximum absolute atomic E-state index is 12.3. The van der Waals surface area contributed by atoms with E-state index in [4.69, 9.17) is 0 Å². The molecular formula is C18H20F3N3O4S. The van der Waals surface area contributed by atoms with E-state index in [-0.39, 0.29) is 22.0 Å². The molecule has 29 heavy (non-hydrogen) atoms. The van der Waals surface area contributed by atoms with E-state index in [1.54, 1.807) is 0 Å². The number of amides is 1. The van der Waals surface area contributed by atoms with Gasteiger partial charge in [0.25, 0.3) is 5.91 Å². The van der Waals surface area contributed by atoms with Gasteiger partial charge in [-0.25, -0.2) is 18.1 Å². The lowest BCUT2D eigenvalue weighted by molar-refractivity contribution is -0.154. The lowest BCUT2D eigenvalue weighted by atomic mass is 10.2. The van der Waals surface area contributed by atoms with Gasteiger partial charge >= 0.3 is 6.18 Å². The summed E-state index contributed by atoms with van der Waals surface area (Å²) in [6.45, 7) is 0.761. The number of hydrogen-bond acceptors (Lipinski definition) is 5. The number of carbonyl (C=O) groups excluding carboxylic acids is 1. The molecule has 2 aromatic rings. The van der Waals surface area contributed by atoms with Gasteiger partial charge in [0.2, 0.25) is 15.9 Å². The van der Waals surface area contributed by atoms with Crippen LogP contribution in [-0.2, 0) is 10.0 Å². The molecule has 0 saturated carbocycles. The summed E-state index contributed by atoms with van der Waals surface area (Å²) in [5, 5.41) is 2.52. The van der Waals surface area contributed by atoms with Gasteiger partial charge in [-0.05, 0) is 30.7 Å². The minimum Gasteiger partial charge on any atom is -0.468 e. The van der Waals surface area contributed by atoms with Crippen LogP contribution in [0, 0.1) is 0 Å². The van der Waals surface area contributed by atoms with E-state index in [2.05, 4.69) is 19.8 Å². The summed E-state index contributed by atoms with van der Waals surface area (Å²) in [5.41, 5.74) is 0.310. The molecule has 0 aliphatic rings. The minimum atomic E-state index is -4.49. The van der Waals surface area contributed by atoms with Crippen LogP contribution in [0.3, 0.4) is 0 Å². The maximum Gasteiger partial charge on any atom is 0.422 e. The topological polar surface area (TPSA) is 97.4 Å². The highest BCUT2D eigenvalue weighted by molar-refractivity contribution is 7.89. The minimum absolute atomic E-state index is 0.000395. The predicted octanol–water partition coefficient (Wildman–Crippen LogP) is 3.35.